The summed E-state index contributed by atoms with van der Waals surface area (Å²) in [5.41, 5.74) is 1.73. The lowest BCUT2D eigenvalue weighted by molar-refractivity contribution is 0.792. The van der Waals surface area contributed by atoms with Gasteiger partial charge in [-0.2, -0.15) is 0 Å². The maximum Gasteiger partial charge on any atom is 0.197 e. The predicted molar refractivity (Wildman–Crippen MR) is 103 cm³/mol. The fourth-order valence-electron chi connectivity index (χ4n) is 2.45. The first-order valence-corrected chi connectivity index (χ1v) is 9.34. The van der Waals surface area contributed by atoms with Gasteiger partial charge < -0.3 is 4.57 Å². The van der Waals surface area contributed by atoms with E-state index in [1.54, 1.807) is 6.33 Å². The molecule has 0 aliphatic carbocycles. The average Bonchev–Trinajstić information content (AvgIpc) is 2.96. The standard InChI is InChI=1S/C17H11BrClN5S/c1-24-15(11-4-2-3-5-13(11)19)22-23-17(24)25-16-12-8-10(18)6-7-14(12)20-9-21-16/h2-9H,1H3. The van der Waals surface area contributed by atoms with Crippen molar-refractivity contribution in [1.29, 1.82) is 0 Å². The van der Waals surface area contributed by atoms with Gasteiger partial charge in [0.2, 0.25) is 0 Å². The zero-order chi connectivity index (χ0) is 17.4. The molecule has 0 spiro atoms. The van der Waals surface area contributed by atoms with Gasteiger partial charge in [-0.05, 0) is 42.1 Å². The normalized spacial score (nSPS) is 11.2. The Kier molecular flexibility index (Phi) is 4.45. The molecule has 2 aromatic carbocycles. The van der Waals surface area contributed by atoms with E-state index < -0.39 is 0 Å². The average molecular weight is 433 g/mol. The van der Waals surface area contributed by atoms with Crippen LogP contribution in [0, 0.1) is 0 Å². The van der Waals surface area contributed by atoms with Crippen LogP contribution in [0.5, 0.6) is 0 Å². The number of benzene rings is 2. The van der Waals surface area contributed by atoms with Gasteiger partial charge in [-0.3, -0.25) is 0 Å². The van der Waals surface area contributed by atoms with Crippen LogP contribution in [0.25, 0.3) is 22.3 Å². The van der Waals surface area contributed by atoms with Crippen molar-refractivity contribution in [3.8, 4) is 11.4 Å². The summed E-state index contributed by atoms with van der Waals surface area (Å²) in [5.74, 6) is 0.715. The molecule has 0 saturated carbocycles. The summed E-state index contributed by atoms with van der Waals surface area (Å²) in [5, 5.41) is 11.8. The number of fused-ring (bicyclic) bond motifs is 1. The Morgan fingerprint density at radius 2 is 1.92 bits per heavy atom. The van der Waals surface area contributed by atoms with E-state index in [9.17, 15) is 0 Å². The maximum absolute atomic E-state index is 6.28. The highest BCUT2D eigenvalue weighted by molar-refractivity contribution is 9.10. The lowest BCUT2D eigenvalue weighted by Gasteiger charge is -2.06. The number of nitrogens with zero attached hydrogens (tertiary/aromatic N) is 5. The SMILES string of the molecule is Cn1c(Sc2ncnc3ccc(Br)cc23)nnc1-c1ccccc1Cl. The van der Waals surface area contributed by atoms with Gasteiger partial charge in [-0.15, -0.1) is 10.2 Å². The molecular formula is C17H11BrClN5S. The summed E-state index contributed by atoms with van der Waals surface area (Å²) in [6.07, 6.45) is 1.56. The van der Waals surface area contributed by atoms with E-state index in [2.05, 4.69) is 36.1 Å². The summed E-state index contributed by atoms with van der Waals surface area (Å²) in [6, 6.07) is 13.5. The molecule has 0 aliphatic rings. The van der Waals surface area contributed by atoms with Gasteiger partial charge >= 0.3 is 0 Å². The topological polar surface area (TPSA) is 56.5 Å². The molecule has 4 rings (SSSR count). The summed E-state index contributed by atoms with van der Waals surface area (Å²) in [7, 11) is 1.92. The van der Waals surface area contributed by atoms with Gasteiger partial charge in [-0.1, -0.05) is 39.7 Å². The fraction of sp³-hybridized carbons (Fsp3) is 0.0588. The van der Waals surface area contributed by atoms with E-state index in [1.807, 2.05) is 54.1 Å². The minimum Gasteiger partial charge on any atom is -0.305 e. The molecule has 2 aromatic heterocycles. The van der Waals surface area contributed by atoms with E-state index >= 15 is 0 Å². The first-order valence-electron chi connectivity index (χ1n) is 7.36. The Labute approximate surface area is 161 Å². The quantitative estimate of drug-likeness (QED) is 0.427. The third kappa shape index (κ3) is 3.15. The largest absolute Gasteiger partial charge is 0.305 e. The molecule has 0 aliphatic heterocycles. The highest BCUT2D eigenvalue weighted by Gasteiger charge is 2.16. The number of hydrogen-bond donors (Lipinski definition) is 0. The summed E-state index contributed by atoms with van der Waals surface area (Å²) in [6.45, 7) is 0. The van der Waals surface area contributed by atoms with Crippen molar-refractivity contribution in [3.05, 3.63) is 58.3 Å². The molecule has 5 nitrogen and oxygen atoms in total. The molecule has 2 heterocycles. The van der Waals surface area contributed by atoms with Crippen molar-refractivity contribution >= 4 is 50.2 Å². The molecule has 8 heteroatoms. The second-order valence-electron chi connectivity index (χ2n) is 5.29. The van der Waals surface area contributed by atoms with Crippen LogP contribution in [0.15, 0.2) is 63.4 Å². The summed E-state index contributed by atoms with van der Waals surface area (Å²) in [4.78, 5) is 8.71. The van der Waals surface area contributed by atoms with E-state index in [0.717, 1.165) is 31.1 Å². The highest BCUT2D eigenvalue weighted by Crippen LogP contribution is 2.33. The molecule has 25 heavy (non-hydrogen) atoms. The number of hydrogen-bond acceptors (Lipinski definition) is 5. The second kappa shape index (κ2) is 6.74. The third-order valence-corrected chi connectivity index (χ3v) is 5.58. The third-order valence-electron chi connectivity index (χ3n) is 3.70. The molecule has 124 valence electrons. The number of aromatic nitrogens is 5. The number of rotatable bonds is 3. The van der Waals surface area contributed by atoms with Gasteiger partial charge in [0.25, 0.3) is 0 Å². The molecular weight excluding hydrogens is 422 g/mol. The van der Waals surface area contributed by atoms with E-state index in [4.69, 9.17) is 11.6 Å². The van der Waals surface area contributed by atoms with Crippen LogP contribution in [-0.4, -0.2) is 24.7 Å². The Morgan fingerprint density at radius 1 is 1.08 bits per heavy atom. The van der Waals surface area contributed by atoms with E-state index in [-0.39, 0.29) is 0 Å². The van der Waals surface area contributed by atoms with Crippen molar-refractivity contribution in [1.82, 2.24) is 24.7 Å². The molecule has 0 unspecified atom stereocenters. The lowest BCUT2D eigenvalue weighted by Crippen LogP contribution is -1.96. The molecule has 0 saturated heterocycles. The van der Waals surface area contributed by atoms with Crippen LogP contribution in [0.3, 0.4) is 0 Å². The molecule has 0 amide bonds. The molecule has 0 fully saturated rings. The Bertz CT molecular complexity index is 1080. The molecule has 0 bridgehead atoms. The Morgan fingerprint density at radius 3 is 2.76 bits per heavy atom. The first-order chi connectivity index (χ1) is 12.1. The number of halogens is 2. The van der Waals surface area contributed by atoms with Crippen LogP contribution in [0.2, 0.25) is 5.02 Å². The Balaban J connectivity index is 1.76. The van der Waals surface area contributed by atoms with Crippen LogP contribution in [0.1, 0.15) is 0 Å². The van der Waals surface area contributed by atoms with Crippen molar-refractivity contribution in [3.63, 3.8) is 0 Å². The van der Waals surface area contributed by atoms with E-state index in [1.165, 1.54) is 11.8 Å². The van der Waals surface area contributed by atoms with Crippen molar-refractivity contribution < 1.29 is 0 Å². The highest BCUT2D eigenvalue weighted by atomic mass is 79.9. The molecule has 4 aromatic rings. The van der Waals surface area contributed by atoms with Crippen molar-refractivity contribution in [2.75, 3.05) is 0 Å². The summed E-state index contributed by atoms with van der Waals surface area (Å²) < 4.78 is 2.89. The van der Waals surface area contributed by atoms with Gasteiger partial charge in [0, 0.05) is 22.5 Å². The molecule has 0 radical (unpaired) electrons. The zero-order valence-electron chi connectivity index (χ0n) is 13.0. The lowest BCUT2D eigenvalue weighted by atomic mass is 10.2. The van der Waals surface area contributed by atoms with Crippen LogP contribution >= 0.6 is 39.3 Å². The maximum atomic E-state index is 6.28. The van der Waals surface area contributed by atoms with Gasteiger partial charge in [-0.25, -0.2) is 9.97 Å². The van der Waals surface area contributed by atoms with Gasteiger partial charge in [0.05, 0.1) is 10.5 Å². The van der Waals surface area contributed by atoms with Gasteiger partial charge in [0.1, 0.15) is 11.4 Å². The van der Waals surface area contributed by atoms with Crippen molar-refractivity contribution in [2.45, 2.75) is 10.2 Å². The van der Waals surface area contributed by atoms with Crippen LogP contribution in [-0.2, 0) is 7.05 Å². The monoisotopic (exact) mass is 431 g/mol. The second-order valence-corrected chi connectivity index (χ2v) is 7.57. The Hall–Kier alpha value is -1.96. The van der Waals surface area contributed by atoms with Gasteiger partial charge in [0.15, 0.2) is 11.0 Å². The minimum absolute atomic E-state index is 0.644. The fourth-order valence-corrected chi connectivity index (χ4v) is 3.89. The molecule has 0 N–H and O–H groups in total. The first kappa shape index (κ1) is 16.5. The molecule has 0 atom stereocenters. The predicted octanol–water partition coefficient (Wildman–Crippen LogP) is 4.99. The van der Waals surface area contributed by atoms with Crippen molar-refractivity contribution in [2.24, 2.45) is 7.05 Å². The van der Waals surface area contributed by atoms with E-state index in [0.29, 0.717) is 10.8 Å². The van der Waals surface area contributed by atoms with Crippen LogP contribution < -0.4 is 0 Å². The zero-order valence-corrected chi connectivity index (χ0v) is 16.2. The van der Waals surface area contributed by atoms with Crippen LogP contribution in [0.4, 0.5) is 0 Å². The minimum atomic E-state index is 0.644. The summed E-state index contributed by atoms with van der Waals surface area (Å²) >= 11 is 11.2. The smallest absolute Gasteiger partial charge is 0.197 e.